The molecule has 2 nitrogen and oxygen atoms in total. The van der Waals surface area contributed by atoms with Gasteiger partial charge in [-0.3, -0.25) is 0 Å². The zero-order chi connectivity index (χ0) is 12.3. The van der Waals surface area contributed by atoms with Crippen LogP contribution in [0.4, 0.5) is 0 Å². The zero-order valence-electron chi connectivity index (χ0n) is 10.6. The number of ether oxygens (including phenoxy) is 1. The summed E-state index contributed by atoms with van der Waals surface area (Å²) in [7, 11) is 0. The molecule has 2 rings (SSSR count). The molecule has 1 heterocycles. The van der Waals surface area contributed by atoms with Crippen molar-refractivity contribution in [3.63, 3.8) is 0 Å². The fourth-order valence-corrected chi connectivity index (χ4v) is 2.47. The Bertz CT molecular complexity index is 421. The number of aromatic hydroxyl groups is 1. The lowest BCUT2D eigenvalue weighted by Crippen LogP contribution is -2.22. The maximum Gasteiger partial charge on any atom is 0.126 e. The summed E-state index contributed by atoms with van der Waals surface area (Å²) in [5.41, 5.74) is 2.70. The first kappa shape index (κ1) is 12.0. The van der Waals surface area contributed by atoms with Crippen molar-refractivity contribution in [2.75, 3.05) is 6.61 Å². The summed E-state index contributed by atoms with van der Waals surface area (Å²) >= 11 is 0. The van der Waals surface area contributed by atoms with Crippen molar-refractivity contribution < 1.29 is 9.84 Å². The first-order valence-corrected chi connectivity index (χ1v) is 6.34. The summed E-state index contributed by atoms with van der Waals surface area (Å²) in [4.78, 5) is 0. The van der Waals surface area contributed by atoms with Gasteiger partial charge in [0, 0.05) is 12.0 Å². The first-order chi connectivity index (χ1) is 8.24. The maximum atomic E-state index is 9.40. The lowest BCUT2D eigenvalue weighted by Gasteiger charge is -2.27. The molecule has 1 unspecified atom stereocenters. The van der Waals surface area contributed by atoms with Crippen LogP contribution in [0, 0.1) is 5.92 Å². The Morgan fingerprint density at radius 1 is 1.53 bits per heavy atom. The molecule has 0 aromatic heterocycles. The van der Waals surface area contributed by atoms with Crippen molar-refractivity contribution >= 4 is 0 Å². The van der Waals surface area contributed by atoms with Crippen LogP contribution in [0.5, 0.6) is 11.5 Å². The highest BCUT2D eigenvalue weighted by Gasteiger charge is 2.22. The summed E-state index contributed by atoms with van der Waals surface area (Å²) in [6.07, 6.45) is 5.58. The molecular formula is C15H20O2. The summed E-state index contributed by atoms with van der Waals surface area (Å²) in [6, 6.07) is 5.41. The largest absolute Gasteiger partial charge is 0.508 e. The molecule has 1 N–H and O–H groups in total. The van der Waals surface area contributed by atoms with Gasteiger partial charge in [-0.15, -0.1) is 0 Å². The molecule has 1 aromatic carbocycles. The third kappa shape index (κ3) is 2.63. The van der Waals surface area contributed by atoms with Gasteiger partial charge in [-0.1, -0.05) is 31.1 Å². The van der Waals surface area contributed by atoms with Crippen LogP contribution in [-0.4, -0.2) is 11.7 Å². The SMILES string of the molecule is C/C=C(\CCC)C1COc2cc(O)ccc2C1. The van der Waals surface area contributed by atoms with Gasteiger partial charge in [0.1, 0.15) is 11.5 Å². The fraction of sp³-hybridized carbons (Fsp3) is 0.467. The van der Waals surface area contributed by atoms with E-state index < -0.39 is 0 Å². The molecule has 0 amide bonds. The average Bonchev–Trinajstić information content (AvgIpc) is 2.35. The second-order valence-corrected chi connectivity index (χ2v) is 4.62. The van der Waals surface area contributed by atoms with Crippen LogP contribution in [-0.2, 0) is 6.42 Å². The van der Waals surface area contributed by atoms with E-state index in [1.165, 1.54) is 17.6 Å². The highest BCUT2D eigenvalue weighted by atomic mass is 16.5. The lowest BCUT2D eigenvalue weighted by atomic mass is 9.87. The molecule has 1 aromatic rings. The zero-order valence-corrected chi connectivity index (χ0v) is 10.6. The highest BCUT2D eigenvalue weighted by molar-refractivity contribution is 5.42. The molecule has 0 bridgehead atoms. The van der Waals surface area contributed by atoms with Gasteiger partial charge in [0.15, 0.2) is 0 Å². The van der Waals surface area contributed by atoms with E-state index in [-0.39, 0.29) is 5.75 Å². The Balaban J connectivity index is 2.15. The van der Waals surface area contributed by atoms with Gasteiger partial charge in [0.2, 0.25) is 0 Å². The van der Waals surface area contributed by atoms with Crippen molar-refractivity contribution in [2.45, 2.75) is 33.1 Å². The summed E-state index contributed by atoms with van der Waals surface area (Å²) in [5.74, 6) is 1.62. The van der Waals surface area contributed by atoms with Crippen molar-refractivity contribution in [3.8, 4) is 11.5 Å². The summed E-state index contributed by atoms with van der Waals surface area (Å²) in [6.45, 7) is 5.05. The van der Waals surface area contributed by atoms with E-state index in [1.807, 2.05) is 6.07 Å². The van der Waals surface area contributed by atoms with Crippen LogP contribution < -0.4 is 4.74 Å². The van der Waals surface area contributed by atoms with Crippen LogP contribution in [0.3, 0.4) is 0 Å². The number of phenols is 1. The third-order valence-electron chi connectivity index (χ3n) is 3.39. The molecule has 0 saturated carbocycles. The van der Waals surface area contributed by atoms with Crippen LogP contribution in [0.1, 0.15) is 32.3 Å². The fourth-order valence-electron chi connectivity index (χ4n) is 2.47. The number of allylic oxidation sites excluding steroid dienone is 1. The van der Waals surface area contributed by atoms with Crippen LogP contribution in [0.25, 0.3) is 0 Å². The van der Waals surface area contributed by atoms with Crippen molar-refractivity contribution in [3.05, 3.63) is 35.4 Å². The van der Waals surface area contributed by atoms with Crippen molar-refractivity contribution in [1.82, 2.24) is 0 Å². The van der Waals surface area contributed by atoms with E-state index in [1.54, 1.807) is 12.1 Å². The lowest BCUT2D eigenvalue weighted by molar-refractivity contribution is 0.239. The smallest absolute Gasteiger partial charge is 0.126 e. The Kier molecular flexibility index (Phi) is 3.72. The number of benzene rings is 1. The predicted octanol–water partition coefficient (Wildman–Crippen LogP) is 3.69. The van der Waals surface area contributed by atoms with Crippen LogP contribution in [0.15, 0.2) is 29.8 Å². The molecule has 2 heteroatoms. The Hall–Kier alpha value is -1.44. The molecule has 17 heavy (non-hydrogen) atoms. The number of hydrogen-bond donors (Lipinski definition) is 1. The van der Waals surface area contributed by atoms with E-state index in [4.69, 9.17) is 4.74 Å². The van der Waals surface area contributed by atoms with Crippen molar-refractivity contribution in [2.24, 2.45) is 5.92 Å². The number of fused-ring (bicyclic) bond motifs is 1. The molecule has 1 aliphatic rings. The predicted molar refractivity (Wildman–Crippen MR) is 69.5 cm³/mol. The first-order valence-electron chi connectivity index (χ1n) is 6.34. The number of rotatable bonds is 3. The molecule has 1 atom stereocenters. The van der Waals surface area contributed by atoms with Gasteiger partial charge in [0.05, 0.1) is 6.61 Å². The normalized spacial score (nSPS) is 19.6. The second kappa shape index (κ2) is 5.26. The van der Waals surface area contributed by atoms with E-state index in [0.29, 0.717) is 5.92 Å². The molecular weight excluding hydrogens is 212 g/mol. The van der Waals surface area contributed by atoms with Crippen LogP contribution >= 0.6 is 0 Å². The third-order valence-corrected chi connectivity index (χ3v) is 3.39. The van der Waals surface area contributed by atoms with Crippen LogP contribution in [0.2, 0.25) is 0 Å². The quantitative estimate of drug-likeness (QED) is 0.805. The van der Waals surface area contributed by atoms with Crippen molar-refractivity contribution in [1.29, 1.82) is 0 Å². The van der Waals surface area contributed by atoms with Gasteiger partial charge in [0.25, 0.3) is 0 Å². The van der Waals surface area contributed by atoms with Gasteiger partial charge >= 0.3 is 0 Å². The van der Waals surface area contributed by atoms with Gasteiger partial charge in [-0.25, -0.2) is 0 Å². The maximum absolute atomic E-state index is 9.40. The molecule has 0 radical (unpaired) electrons. The monoisotopic (exact) mass is 232 g/mol. The Labute approximate surface area is 103 Å². The van der Waals surface area contributed by atoms with E-state index in [2.05, 4.69) is 19.9 Å². The molecule has 1 aliphatic heterocycles. The number of phenolic OH excluding ortho intramolecular Hbond substituents is 1. The minimum absolute atomic E-state index is 0.280. The summed E-state index contributed by atoms with van der Waals surface area (Å²) in [5, 5.41) is 9.40. The minimum atomic E-state index is 0.280. The highest BCUT2D eigenvalue weighted by Crippen LogP contribution is 2.33. The molecule has 0 saturated heterocycles. The topological polar surface area (TPSA) is 29.5 Å². The standard InChI is InChI=1S/C15H20O2/c1-3-5-11(4-2)13-8-12-6-7-14(16)9-15(12)17-10-13/h4,6-7,9,13,16H,3,5,8,10H2,1-2H3/b11-4+. The molecule has 0 fully saturated rings. The Morgan fingerprint density at radius 3 is 3.06 bits per heavy atom. The average molecular weight is 232 g/mol. The van der Waals surface area contributed by atoms with Gasteiger partial charge in [-0.05, 0) is 31.4 Å². The molecule has 0 aliphatic carbocycles. The summed E-state index contributed by atoms with van der Waals surface area (Å²) < 4.78 is 5.75. The van der Waals surface area contributed by atoms with Gasteiger partial charge in [-0.2, -0.15) is 0 Å². The number of hydrogen-bond acceptors (Lipinski definition) is 2. The Morgan fingerprint density at radius 2 is 2.35 bits per heavy atom. The van der Waals surface area contributed by atoms with E-state index in [9.17, 15) is 5.11 Å². The van der Waals surface area contributed by atoms with Gasteiger partial charge < -0.3 is 9.84 Å². The minimum Gasteiger partial charge on any atom is -0.508 e. The van der Waals surface area contributed by atoms with E-state index in [0.717, 1.165) is 25.2 Å². The molecule has 0 spiro atoms. The van der Waals surface area contributed by atoms with E-state index >= 15 is 0 Å². The molecule has 92 valence electrons. The second-order valence-electron chi connectivity index (χ2n) is 4.62.